The van der Waals surface area contributed by atoms with Crippen LogP contribution in [0.1, 0.15) is 32.3 Å². The molecule has 2 nitrogen and oxygen atoms in total. The minimum absolute atomic E-state index is 0.452. The molecular weight excluding hydrogens is 222 g/mol. The van der Waals surface area contributed by atoms with Crippen LogP contribution in [0.2, 0.25) is 0 Å². The molecule has 2 heteroatoms. The molecule has 0 atom stereocenters. The van der Waals surface area contributed by atoms with E-state index in [9.17, 15) is 0 Å². The van der Waals surface area contributed by atoms with Gasteiger partial charge in [-0.2, -0.15) is 0 Å². The lowest BCUT2D eigenvalue weighted by Crippen LogP contribution is -2.38. The summed E-state index contributed by atoms with van der Waals surface area (Å²) in [6.07, 6.45) is 2.81. The Bertz CT molecular complexity index is 328. The highest BCUT2D eigenvalue weighted by Crippen LogP contribution is 2.16. The van der Waals surface area contributed by atoms with Gasteiger partial charge in [-0.3, -0.25) is 0 Å². The summed E-state index contributed by atoms with van der Waals surface area (Å²) >= 11 is 0. The molecule has 0 aliphatic carbocycles. The second kappa shape index (κ2) is 6.91. The molecule has 1 aromatic carbocycles. The van der Waals surface area contributed by atoms with Gasteiger partial charge in [-0.1, -0.05) is 44.2 Å². The molecule has 0 spiro atoms. The van der Waals surface area contributed by atoms with Crippen molar-refractivity contribution in [1.29, 1.82) is 0 Å². The quantitative estimate of drug-likeness (QED) is 0.791. The maximum absolute atomic E-state index is 6.00. The Kier molecular flexibility index (Phi) is 5.21. The molecule has 18 heavy (non-hydrogen) atoms. The Morgan fingerprint density at radius 1 is 1.17 bits per heavy atom. The lowest BCUT2D eigenvalue weighted by molar-refractivity contribution is -0.00425. The molecule has 1 fully saturated rings. The first-order valence-electron chi connectivity index (χ1n) is 7.12. The molecule has 0 saturated carbocycles. The number of ether oxygens (including phenoxy) is 1. The summed E-state index contributed by atoms with van der Waals surface area (Å²) in [6.45, 7) is 8.95. The summed E-state index contributed by atoms with van der Waals surface area (Å²) in [5.74, 6) is 0.770. The van der Waals surface area contributed by atoms with Gasteiger partial charge in [0, 0.05) is 19.6 Å². The van der Waals surface area contributed by atoms with Gasteiger partial charge in [0.25, 0.3) is 0 Å². The molecule has 1 saturated heterocycles. The molecule has 1 aliphatic heterocycles. The highest BCUT2D eigenvalue weighted by Gasteiger charge is 2.19. The van der Waals surface area contributed by atoms with Crippen LogP contribution in [-0.4, -0.2) is 30.6 Å². The standard InChI is InChI=1S/C16H25NO/c1-14(2)12-17-10-8-16(9-11-17)18-13-15-6-4-3-5-7-15/h3-7,14,16H,8-13H2,1-2H3. The van der Waals surface area contributed by atoms with Crippen LogP contribution in [0.3, 0.4) is 0 Å². The van der Waals surface area contributed by atoms with E-state index in [2.05, 4.69) is 43.0 Å². The number of hydrogen-bond donors (Lipinski definition) is 0. The first kappa shape index (κ1) is 13.6. The summed E-state index contributed by atoms with van der Waals surface area (Å²) in [6, 6.07) is 10.5. The number of piperidine rings is 1. The Morgan fingerprint density at radius 2 is 1.83 bits per heavy atom. The fourth-order valence-electron chi connectivity index (χ4n) is 2.56. The zero-order chi connectivity index (χ0) is 12.8. The van der Waals surface area contributed by atoms with Gasteiger partial charge in [0.1, 0.15) is 0 Å². The Labute approximate surface area is 111 Å². The van der Waals surface area contributed by atoms with E-state index in [-0.39, 0.29) is 0 Å². The minimum Gasteiger partial charge on any atom is -0.373 e. The monoisotopic (exact) mass is 247 g/mol. The Hall–Kier alpha value is -0.860. The van der Waals surface area contributed by atoms with E-state index in [1.165, 1.54) is 38.0 Å². The smallest absolute Gasteiger partial charge is 0.0720 e. The normalized spacial score (nSPS) is 18.4. The van der Waals surface area contributed by atoms with Crippen LogP contribution in [0.5, 0.6) is 0 Å². The van der Waals surface area contributed by atoms with Gasteiger partial charge in [0.15, 0.2) is 0 Å². The molecule has 1 heterocycles. The summed E-state index contributed by atoms with van der Waals surface area (Å²) in [5.41, 5.74) is 1.28. The zero-order valence-corrected chi connectivity index (χ0v) is 11.6. The second-order valence-electron chi connectivity index (χ2n) is 5.69. The first-order valence-corrected chi connectivity index (χ1v) is 7.12. The summed E-state index contributed by atoms with van der Waals surface area (Å²) in [5, 5.41) is 0. The van der Waals surface area contributed by atoms with Gasteiger partial charge >= 0.3 is 0 Å². The molecule has 0 unspecified atom stereocenters. The van der Waals surface area contributed by atoms with E-state index >= 15 is 0 Å². The number of hydrogen-bond acceptors (Lipinski definition) is 2. The molecule has 0 amide bonds. The first-order chi connectivity index (χ1) is 8.74. The van der Waals surface area contributed by atoms with Crippen molar-refractivity contribution in [3.8, 4) is 0 Å². The van der Waals surface area contributed by atoms with Crippen LogP contribution in [0.4, 0.5) is 0 Å². The number of rotatable bonds is 5. The van der Waals surface area contributed by atoms with Crippen molar-refractivity contribution in [2.75, 3.05) is 19.6 Å². The fraction of sp³-hybridized carbons (Fsp3) is 0.625. The van der Waals surface area contributed by atoms with Gasteiger partial charge in [-0.25, -0.2) is 0 Å². The third kappa shape index (κ3) is 4.43. The molecule has 1 aromatic rings. The SMILES string of the molecule is CC(C)CN1CCC(OCc2ccccc2)CC1. The highest BCUT2D eigenvalue weighted by atomic mass is 16.5. The lowest BCUT2D eigenvalue weighted by atomic mass is 10.1. The molecule has 0 radical (unpaired) electrons. The van der Waals surface area contributed by atoms with Gasteiger partial charge in [-0.15, -0.1) is 0 Å². The highest BCUT2D eigenvalue weighted by molar-refractivity contribution is 5.13. The van der Waals surface area contributed by atoms with Gasteiger partial charge in [-0.05, 0) is 24.3 Å². The fourth-order valence-corrected chi connectivity index (χ4v) is 2.56. The van der Waals surface area contributed by atoms with Crippen LogP contribution in [-0.2, 0) is 11.3 Å². The number of likely N-dealkylation sites (tertiary alicyclic amines) is 1. The maximum atomic E-state index is 6.00. The maximum Gasteiger partial charge on any atom is 0.0720 e. The number of benzene rings is 1. The van der Waals surface area contributed by atoms with Crippen LogP contribution in [0.25, 0.3) is 0 Å². The van der Waals surface area contributed by atoms with E-state index in [1.807, 2.05) is 6.07 Å². The largest absolute Gasteiger partial charge is 0.373 e. The molecule has 0 aromatic heterocycles. The van der Waals surface area contributed by atoms with E-state index in [0.717, 1.165) is 12.5 Å². The average Bonchev–Trinajstić information content (AvgIpc) is 2.38. The third-order valence-electron chi connectivity index (χ3n) is 3.49. The molecule has 0 N–H and O–H groups in total. The predicted molar refractivity (Wildman–Crippen MR) is 75.5 cm³/mol. The molecular formula is C16H25NO. The predicted octanol–water partition coefficient (Wildman–Crippen LogP) is 3.32. The van der Waals surface area contributed by atoms with Crippen molar-refractivity contribution in [2.45, 2.75) is 39.4 Å². The Balaban J connectivity index is 1.68. The Morgan fingerprint density at radius 3 is 2.44 bits per heavy atom. The summed E-state index contributed by atoms with van der Waals surface area (Å²) < 4.78 is 6.00. The molecule has 2 rings (SSSR count). The zero-order valence-electron chi connectivity index (χ0n) is 11.6. The van der Waals surface area contributed by atoms with Crippen LogP contribution in [0, 0.1) is 5.92 Å². The van der Waals surface area contributed by atoms with E-state index in [1.54, 1.807) is 0 Å². The van der Waals surface area contributed by atoms with Crippen molar-refractivity contribution in [3.05, 3.63) is 35.9 Å². The van der Waals surface area contributed by atoms with Crippen molar-refractivity contribution >= 4 is 0 Å². The van der Waals surface area contributed by atoms with Crippen LogP contribution in [0.15, 0.2) is 30.3 Å². The second-order valence-corrected chi connectivity index (χ2v) is 5.69. The van der Waals surface area contributed by atoms with Gasteiger partial charge < -0.3 is 9.64 Å². The average molecular weight is 247 g/mol. The van der Waals surface area contributed by atoms with E-state index < -0.39 is 0 Å². The molecule has 1 aliphatic rings. The summed E-state index contributed by atoms with van der Waals surface area (Å²) in [7, 11) is 0. The van der Waals surface area contributed by atoms with Crippen molar-refractivity contribution in [1.82, 2.24) is 4.90 Å². The van der Waals surface area contributed by atoms with Crippen molar-refractivity contribution in [3.63, 3.8) is 0 Å². The van der Waals surface area contributed by atoms with Crippen LogP contribution >= 0.6 is 0 Å². The van der Waals surface area contributed by atoms with Crippen molar-refractivity contribution in [2.24, 2.45) is 5.92 Å². The molecule has 100 valence electrons. The van der Waals surface area contributed by atoms with Gasteiger partial charge in [0.05, 0.1) is 12.7 Å². The van der Waals surface area contributed by atoms with Crippen molar-refractivity contribution < 1.29 is 4.74 Å². The van der Waals surface area contributed by atoms with E-state index in [0.29, 0.717) is 6.10 Å². The topological polar surface area (TPSA) is 12.5 Å². The number of nitrogens with zero attached hydrogens (tertiary/aromatic N) is 1. The molecule has 0 bridgehead atoms. The minimum atomic E-state index is 0.452. The third-order valence-corrected chi connectivity index (χ3v) is 3.49. The van der Waals surface area contributed by atoms with Gasteiger partial charge in [0.2, 0.25) is 0 Å². The van der Waals surface area contributed by atoms with Crippen LogP contribution < -0.4 is 0 Å². The lowest BCUT2D eigenvalue weighted by Gasteiger charge is -2.32. The summed E-state index contributed by atoms with van der Waals surface area (Å²) in [4.78, 5) is 2.56. The van der Waals surface area contributed by atoms with E-state index in [4.69, 9.17) is 4.74 Å².